The van der Waals surface area contributed by atoms with Crippen LogP contribution in [0.5, 0.6) is 0 Å². The third-order valence-corrected chi connectivity index (χ3v) is 6.17. The predicted molar refractivity (Wildman–Crippen MR) is 123 cm³/mol. The fourth-order valence-electron chi connectivity index (χ4n) is 4.27. The highest BCUT2D eigenvalue weighted by atomic mass is 16.5. The summed E-state index contributed by atoms with van der Waals surface area (Å²) in [4.78, 5) is 53.6. The molecule has 0 unspecified atom stereocenters. The van der Waals surface area contributed by atoms with E-state index < -0.39 is 18.0 Å². The molecule has 0 aromatic heterocycles. The smallest absolute Gasteiger partial charge is 0.309 e. The molecule has 1 saturated heterocycles. The first-order chi connectivity index (χ1) is 15.8. The van der Waals surface area contributed by atoms with Gasteiger partial charge in [0.25, 0.3) is 11.8 Å². The minimum Gasteiger partial charge on any atom is -0.452 e. The summed E-state index contributed by atoms with van der Waals surface area (Å²) in [6.45, 7) is 4.20. The van der Waals surface area contributed by atoms with Gasteiger partial charge in [0.1, 0.15) is 6.54 Å². The average molecular weight is 450 g/mol. The van der Waals surface area contributed by atoms with Crippen LogP contribution in [-0.4, -0.2) is 54.3 Å². The lowest BCUT2D eigenvalue weighted by Gasteiger charge is -2.33. The summed E-state index contributed by atoms with van der Waals surface area (Å²) in [7, 11) is 0. The number of ether oxygens (including phenoxy) is 1. The zero-order chi connectivity index (χ0) is 23.5. The Balaban J connectivity index is 1.34. The average Bonchev–Trinajstić information content (AvgIpc) is 2.83. The van der Waals surface area contributed by atoms with Gasteiger partial charge in [-0.25, -0.2) is 0 Å². The van der Waals surface area contributed by atoms with Crippen LogP contribution in [0.15, 0.2) is 48.5 Å². The van der Waals surface area contributed by atoms with Crippen LogP contribution in [0.4, 0.5) is 11.4 Å². The van der Waals surface area contributed by atoms with Gasteiger partial charge in [-0.15, -0.1) is 0 Å². The molecule has 1 N–H and O–H groups in total. The summed E-state index contributed by atoms with van der Waals surface area (Å²) >= 11 is 0. The number of nitrogens with zero attached hydrogens (tertiary/aromatic N) is 2. The topological polar surface area (TPSA) is 96.0 Å². The van der Waals surface area contributed by atoms with Crippen molar-refractivity contribution in [3.8, 4) is 0 Å². The first-order valence-electron chi connectivity index (χ1n) is 11.1. The molecule has 0 spiro atoms. The molecule has 4 rings (SSSR count). The Morgan fingerprint density at radius 3 is 2.42 bits per heavy atom. The lowest BCUT2D eigenvalue weighted by atomic mass is 9.96. The Hall–Kier alpha value is -3.68. The molecule has 2 aliphatic heterocycles. The fraction of sp³-hybridized carbons (Fsp3) is 0.360. The maximum Gasteiger partial charge on any atom is 0.309 e. The molecule has 3 amide bonds. The SMILES string of the molecule is Cc1ccccc1C(=O)N1CCC(C(=O)O[C@@H](C)C(=O)N2CC(=O)Nc3ccccc32)CC1. The van der Waals surface area contributed by atoms with E-state index in [9.17, 15) is 19.2 Å². The van der Waals surface area contributed by atoms with Crippen LogP contribution in [-0.2, 0) is 19.1 Å². The van der Waals surface area contributed by atoms with E-state index in [0.717, 1.165) is 5.56 Å². The first kappa shape index (κ1) is 22.5. The van der Waals surface area contributed by atoms with Crippen LogP contribution in [0.25, 0.3) is 0 Å². The number of hydrogen-bond acceptors (Lipinski definition) is 5. The molecule has 33 heavy (non-hydrogen) atoms. The highest BCUT2D eigenvalue weighted by Crippen LogP contribution is 2.30. The Morgan fingerprint density at radius 2 is 1.70 bits per heavy atom. The van der Waals surface area contributed by atoms with E-state index in [2.05, 4.69) is 5.32 Å². The standard InChI is InChI=1S/C25H27N3O5/c1-16-7-3-4-8-19(16)24(31)27-13-11-18(12-14-27)25(32)33-17(2)23(30)28-15-22(29)26-20-9-5-6-10-21(20)28/h3-10,17-18H,11-15H2,1-2H3,(H,26,29)/t17-/m0/s1. The molecule has 1 atom stereocenters. The molecule has 2 aromatic carbocycles. The second-order valence-corrected chi connectivity index (χ2v) is 8.45. The Kier molecular flexibility index (Phi) is 6.44. The number of fused-ring (bicyclic) bond motifs is 1. The molecule has 1 fully saturated rings. The number of anilines is 2. The van der Waals surface area contributed by atoms with Crippen molar-refractivity contribution in [2.75, 3.05) is 29.9 Å². The van der Waals surface area contributed by atoms with Crippen LogP contribution < -0.4 is 10.2 Å². The molecule has 172 valence electrons. The summed E-state index contributed by atoms with van der Waals surface area (Å²) in [5.41, 5.74) is 2.72. The third kappa shape index (κ3) is 4.74. The number of rotatable bonds is 4. The van der Waals surface area contributed by atoms with E-state index >= 15 is 0 Å². The Morgan fingerprint density at radius 1 is 1.03 bits per heavy atom. The van der Waals surface area contributed by atoms with Gasteiger partial charge in [0.2, 0.25) is 5.91 Å². The van der Waals surface area contributed by atoms with Gasteiger partial charge < -0.3 is 15.0 Å². The summed E-state index contributed by atoms with van der Waals surface area (Å²) in [6.07, 6.45) is -0.0679. The summed E-state index contributed by atoms with van der Waals surface area (Å²) in [5.74, 6) is -1.61. The Bertz CT molecular complexity index is 1090. The van der Waals surface area contributed by atoms with Crippen molar-refractivity contribution in [3.63, 3.8) is 0 Å². The molecular formula is C25H27N3O5. The van der Waals surface area contributed by atoms with E-state index in [1.165, 1.54) is 11.8 Å². The number of aryl methyl sites for hydroxylation is 1. The number of esters is 1. The molecule has 2 heterocycles. The largest absolute Gasteiger partial charge is 0.452 e. The van der Waals surface area contributed by atoms with Gasteiger partial charge in [0.15, 0.2) is 6.10 Å². The van der Waals surface area contributed by atoms with Crippen LogP contribution in [0.1, 0.15) is 35.7 Å². The van der Waals surface area contributed by atoms with E-state index in [1.807, 2.05) is 31.2 Å². The van der Waals surface area contributed by atoms with Crippen LogP contribution in [0, 0.1) is 12.8 Å². The number of amides is 3. The number of carbonyl (C=O) groups is 4. The second-order valence-electron chi connectivity index (χ2n) is 8.45. The van der Waals surface area contributed by atoms with Gasteiger partial charge in [-0.2, -0.15) is 0 Å². The fourth-order valence-corrected chi connectivity index (χ4v) is 4.27. The first-order valence-corrected chi connectivity index (χ1v) is 11.1. The number of benzene rings is 2. The lowest BCUT2D eigenvalue weighted by Crippen LogP contribution is -2.47. The van der Waals surface area contributed by atoms with Crippen molar-refractivity contribution in [1.29, 1.82) is 0 Å². The van der Waals surface area contributed by atoms with E-state index in [1.54, 1.807) is 29.2 Å². The second kappa shape index (κ2) is 9.44. The normalized spacial score (nSPS) is 17.1. The third-order valence-electron chi connectivity index (χ3n) is 6.17. The van der Waals surface area contributed by atoms with E-state index in [4.69, 9.17) is 4.74 Å². The van der Waals surface area contributed by atoms with Crippen molar-refractivity contribution in [1.82, 2.24) is 4.90 Å². The number of likely N-dealkylation sites (tertiary alicyclic amines) is 1. The van der Waals surface area contributed by atoms with Crippen LogP contribution >= 0.6 is 0 Å². The van der Waals surface area contributed by atoms with Crippen molar-refractivity contribution in [3.05, 3.63) is 59.7 Å². The summed E-state index contributed by atoms with van der Waals surface area (Å²) < 4.78 is 5.49. The number of hydrogen-bond donors (Lipinski definition) is 1. The number of carbonyl (C=O) groups excluding carboxylic acids is 4. The summed E-state index contributed by atoms with van der Waals surface area (Å²) in [5, 5.41) is 2.73. The van der Waals surface area contributed by atoms with Gasteiger partial charge >= 0.3 is 5.97 Å². The van der Waals surface area contributed by atoms with Crippen molar-refractivity contribution < 1.29 is 23.9 Å². The number of nitrogens with one attached hydrogen (secondary N) is 1. The van der Waals surface area contributed by atoms with Crippen LogP contribution in [0.3, 0.4) is 0 Å². The molecule has 8 heteroatoms. The molecule has 8 nitrogen and oxygen atoms in total. The molecule has 0 radical (unpaired) electrons. The maximum absolute atomic E-state index is 13.0. The molecular weight excluding hydrogens is 422 g/mol. The zero-order valence-corrected chi connectivity index (χ0v) is 18.7. The van der Waals surface area contributed by atoms with Gasteiger partial charge in [-0.05, 0) is 50.5 Å². The molecule has 0 saturated carbocycles. The van der Waals surface area contributed by atoms with Gasteiger partial charge in [0.05, 0.1) is 17.3 Å². The Labute approximate surface area is 192 Å². The van der Waals surface area contributed by atoms with Crippen molar-refractivity contribution in [2.24, 2.45) is 5.92 Å². The molecule has 0 bridgehead atoms. The zero-order valence-electron chi connectivity index (χ0n) is 18.7. The molecule has 0 aliphatic carbocycles. The lowest BCUT2D eigenvalue weighted by molar-refractivity contribution is -0.159. The molecule has 2 aliphatic rings. The van der Waals surface area contributed by atoms with Crippen LogP contribution in [0.2, 0.25) is 0 Å². The van der Waals surface area contributed by atoms with E-state index in [-0.39, 0.29) is 24.3 Å². The van der Waals surface area contributed by atoms with Gasteiger partial charge in [-0.1, -0.05) is 30.3 Å². The number of para-hydroxylation sites is 2. The maximum atomic E-state index is 13.0. The van der Waals surface area contributed by atoms with Gasteiger partial charge in [0, 0.05) is 18.7 Å². The highest BCUT2D eigenvalue weighted by molar-refractivity contribution is 6.11. The van der Waals surface area contributed by atoms with E-state index in [0.29, 0.717) is 42.9 Å². The summed E-state index contributed by atoms with van der Waals surface area (Å²) in [6, 6.07) is 14.5. The quantitative estimate of drug-likeness (QED) is 0.724. The predicted octanol–water partition coefficient (Wildman–Crippen LogP) is 2.76. The van der Waals surface area contributed by atoms with Crippen molar-refractivity contribution >= 4 is 35.1 Å². The minimum atomic E-state index is -1.02. The molecule has 2 aromatic rings. The van der Waals surface area contributed by atoms with Crippen molar-refractivity contribution in [2.45, 2.75) is 32.8 Å². The monoisotopic (exact) mass is 449 g/mol. The number of piperidine rings is 1. The highest BCUT2D eigenvalue weighted by Gasteiger charge is 2.34. The minimum absolute atomic E-state index is 0.0366. The van der Waals surface area contributed by atoms with Gasteiger partial charge in [-0.3, -0.25) is 24.1 Å².